The molecule has 0 aliphatic carbocycles. The number of esters is 1. The number of thioether (sulfide) groups is 2. The Bertz CT molecular complexity index is 1170. The van der Waals surface area contributed by atoms with Gasteiger partial charge < -0.3 is 9.47 Å². The molecule has 7 nitrogen and oxygen atoms in total. The van der Waals surface area contributed by atoms with E-state index in [0.29, 0.717) is 28.0 Å². The molecule has 164 valence electrons. The molecule has 0 amide bonds. The molecule has 0 radical (unpaired) electrons. The van der Waals surface area contributed by atoms with Crippen LogP contribution in [-0.2, 0) is 9.53 Å². The fourth-order valence-corrected chi connectivity index (χ4v) is 4.35. The van der Waals surface area contributed by atoms with Gasteiger partial charge in [0.05, 0.1) is 25.0 Å². The zero-order valence-corrected chi connectivity index (χ0v) is 19.6. The highest BCUT2D eigenvalue weighted by Gasteiger charge is 2.25. The molecule has 0 bridgehead atoms. The third-order valence-electron chi connectivity index (χ3n) is 4.75. The summed E-state index contributed by atoms with van der Waals surface area (Å²) >= 11 is 3.15. The first-order valence-electron chi connectivity index (χ1n) is 9.96. The van der Waals surface area contributed by atoms with E-state index < -0.39 is 5.97 Å². The summed E-state index contributed by atoms with van der Waals surface area (Å²) in [6.45, 7) is 2.08. The van der Waals surface area contributed by atoms with Crippen LogP contribution in [0.15, 0.2) is 69.3 Å². The van der Waals surface area contributed by atoms with E-state index in [2.05, 4.69) is 10.2 Å². The van der Waals surface area contributed by atoms with E-state index in [9.17, 15) is 4.79 Å². The quantitative estimate of drug-likeness (QED) is 0.285. The van der Waals surface area contributed by atoms with Crippen LogP contribution in [0.2, 0.25) is 0 Å². The predicted molar refractivity (Wildman–Crippen MR) is 128 cm³/mol. The van der Waals surface area contributed by atoms with Gasteiger partial charge >= 0.3 is 5.97 Å². The number of fused-ring (bicyclic) bond motifs is 1. The van der Waals surface area contributed by atoms with Crippen LogP contribution >= 0.6 is 23.5 Å². The van der Waals surface area contributed by atoms with Crippen molar-refractivity contribution >= 4 is 41.3 Å². The number of nitrogens with zero attached hydrogens (tertiary/aromatic N) is 4. The van der Waals surface area contributed by atoms with Gasteiger partial charge in [0.2, 0.25) is 5.16 Å². The van der Waals surface area contributed by atoms with Crippen molar-refractivity contribution in [1.82, 2.24) is 14.9 Å². The number of carbonyl (C=O) groups is 1. The molecule has 32 heavy (non-hydrogen) atoms. The molecule has 4 rings (SSSR count). The largest absolute Gasteiger partial charge is 0.497 e. The molecule has 0 saturated heterocycles. The van der Waals surface area contributed by atoms with Gasteiger partial charge in [0.1, 0.15) is 5.75 Å². The number of methoxy groups -OCH3 is 1. The van der Waals surface area contributed by atoms with Crippen LogP contribution < -0.4 is 4.74 Å². The number of carbonyl (C=O) groups excluding carboxylic acids is 1. The molecule has 9 heteroatoms. The summed E-state index contributed by atoms with van der Waals surface area (Å²) in [6, 6.07) is 15.5. The number of hydrogen-bond acceptors (Lipinski definition) is 8. The maximum absolute atomic E-state index is 12.8. The molecule has 0 atom stereocenters. The van der Waals surface area contributed by atoms with E-state index in [4.69, 9.17) is 14.6 Å². The minimum atomic E-state index is -0.400. The summed E-state index contributed by atoms with van der Waals surface area (Å²) in [7, 11) is 1.62. The van der Waals surface area contributed by atoms with Crippen LogP contribution in [0.4, 0.5) is 0 Å². The van der Waals surface area contributed by atoms with Crippen molar-refractivity contribution in [3.63, 3.8) is 0 Å². The molecule has 1 aromatic heterocycles. The zero-order chi connectivity index (χ0) is 22.5. The second-order valence-electron chi connectivity index (χ2n) is 6.73. The summed E-state index contributed by atoms with van der Waals surface area (Å²) in [5.74, 6) is 1.45. The van der Waals surface area contributed by atoms with Crippen LogP contribution in [0.5, 0.6) is 5.75 Å². The standard InChI is InChI=1S/C23H22N4O3S2/c1-4-30-22(28)19(13-15-5-11-18(31-3)12-6-15)20-14-32-23-25-24-21(27(23)26-20)16-7-9-17(29-2)10-8-16/h5-13H,4,14H2,1-3H3/b19-13-. The molecule has 0 fully saturated rings. The van der Waals surface area contributed by atoms with Crippen LogP contribution in [0.3, 0.4) is 0 Å². The Morgan fingerprint density at radius 2 is 1.91 bits per heavy atom. The number of benzene rings is 2. The number of hydrogen-bond donors (Lipinski definition) is 0. The highest BCUT2D eigenvalue weighted by Crippen LogP contribution is 2.30. The zero-order valence-electron chi connectivity index (χ0n) is 17.9. The highest BCUT2D eigenvalue weighted by atomic mass is 32.2. The van der Waals surface area contributed by atoms with Gasteiger partial charge in [-0.05, 0) is 61.2 Å². The Kier molecular flexibility index (Phi) is 6.96. The lowest BCUT2D eigenvalue weighted by Crippen LogP contribution is -2.21. The van der Waals surface area contributed by atoms with Crippen LogP contribution in [-0.4, -0.2) is 52.3 Å². The number of ether oxygens (including phenoxy) is 2. The van der Waals surface area contributed by atoms with Crippen LogP contribution in [0, 0.1) is 0 Å². The van der Waals surface area contributed by atoms with Gasteiger partial charge in [-0.25, -0.2) is 4.79 Å². The minimum Gasteiger partial charge on any atom is -0.497 e. The predicted octanol–water partition coefficient (Wildman–Crippen LogP) is 4.63. The molecule has 2 aromatic carbocycles. The third-order valence-corrected chi connectivity index (χ3v) is 6.43. The van der Waals surface area contributed by atoms with Crippen molar-refractivity contribution in [3.05, 3.63) is 59.7 Å². The van der Waals surface area contributed by atoms with Crippen molar-refractivity contribution in [2.45, 2.75) is 17.0 Å². The van der Waals surface area contributed by atoms with Gasteiger partial charge in [-0.1, -0.05) is 23.9 Å². The molecular weight excluding hydrogens is 444 g/mol. The first kappa shape index (κ1) is 22.2. The molecule has 2 heterocycles. The van der Waals surface area contributed by atoms with E-state index in [1.807, 2.05) is 60.9 Å². The van der Waals surface area contributed by atoms with Gasteiger partial charge in [0.15, 0.2) is 5.82 Å². The highest BCUT2D eigenvalue weighted by molar-refractivity contribution is 8.00. The fraction of sp³-hybridized carbons (Fsp3) is 0.217. The monoisotopic (exact) mass is 466 g/mol. The van der Waals surface area contributed by atoms with Gasteiger partial charge in [0.25, 0.3) is 0 Å². The Morgan fingerprint density at radius 1 is 1.16 bits per heavy atom. The Morgan fingerprint density at radius 3 is 2.56 bits per heavy atom. The lowest BCUT2D eigenvalue weighted by atomic mass is 10.1. The van der Waals surface area contributed by atoms with E-state index in [0.717, 1.165) is 21.8 Å². The second-order valence-corrected chi connectivity index (χ2v) is 8.56. The number of rotatable bonds is 7. The van der Waals surface area contributed by atoms with Crippen molar-refractivity contribution in [3.8, 4) is 17.1 Å². The summed E-state index contributed by atoms with van der Waals surface area (Å²) < 4.78 is 12.2. The summed E-state index contributed by atoms with van der Waals surface area (Å²) in [5, 5.41) is 14.0. The van der Waals surface area contributed by atoms with Gasteiger partial charge in [0, 0.05) is 16.2 Å². The normalized spacial score (nSPS) is 13.3. The first-order chi connectivity index (χ1) is 15.6. The van der Waals surface area contributed by atoms with Crippen molar-refractivity contribution in [2.75, 3.05) is 25.7 Å². The van der Waals surface area contributed by atoms with Gasteiger partial charge in [-0.3, -0.25) is 0 Å². The van der Waals surface area contributed by atoms with Crippen molar-refractivity contribution in [2.24, 2.45) is 5.10 Å². The Balaban J connectivity index is 1.74. The number of aromatic nitrogens is 3. The topological polar surface area (TPSA) is 78.6 Å². The maximum atomic E-state index is 12.8. The molecule has 3 aromatic rings. The van der Waals surface area contributed by atoms with E-state index in [1.54, 1.807) is 30.5 Å². The summed E-state index contributed by atoms with van der Waals surface area (Å²) in [6.07, 6.45) is 3.85. The first-order valence-corrected chi connectivity index (χ1v) is 12.2. The van der Waals surface area contributed by atoms with Crippen molar-refractivity contribution in [1.29, 1.82) is 0 Å². The minimum absolute atomic E-state index is 0.289. The van der Waals surface area contributed by atoms with E-state index >= 15 is 0 Å². The third kappa shape index (κ3) is 4.73. The molecule has 0 spiro atoms. The average Bonchev–Trinajstić information content (AvgIpc) is 3.26. The molecule has 1 aliphatic heterocycles. The smallest absolute Gasteiger partial charge is 0.340 e. The van der Waals surface area contributed by atoms with E-state index in [1.165, 1.54) is 11.8 Å². The molecular formula is C23H22N4O3S2. The summed E-state index contributed by atoms with van der Waals surface area (Å²) in [5.41, 5.74) is 2.80. The van der Waals surface area contributed by atoms with Gasteiger partial charge in [-0.15, -0.1) is 22.0 Å². The summed E-state index contributed by atoms with van der Waals surface area (Å²) in [4.78, 5) is 14.0. The lowest BCUT2D eigenvalue weighted by molar-refractivity contribution is -0.137. The van der Waals surface area contributed by atoms with E-state index in [-0.39, 0.29) is 6.61 Å². The molecule has 0 N–H and O–H groups in total. The molecule has 1 aliphatic rings. The molecule has 0 unspecified atom stereocenters. The van der Waals surface area contributed by atoms with Crippen molar-refractivity contribution < 1.29 is 14.3 Å². The maximum Gasteiger partial charge on any atom is 0.340 e. The fourth-order valence-electron chi connectivity index (χ4n) is 3.12. The lowest BCUT2D eigenvalue weighted by Gasteiger charge is -2.16. The second kappa shape index (κ2) is 10.1. The Hall–Kier alpha value is -3.04. The SMILES string of the molecule is CCOC(=O)/C(=C\c1ccc(SC)cc1)C1=Nn2c(nnc2-c2ccc(OC)cc2)SC1. The van der Waals surface area contributed by atoms with Crippen LogP contribution in [0.25, 0.3) is 17.5 Å². The van der Waals surface area contributed by atoms with Crippen LogP contribution in [0.1, 0.15) is 12.5 Å². The average molecular weight is 467 g/mol. The molecule has 0 saturated carbocycles. The van der Waals surface area contributed by atoms with Gasteiger partial charge in [-0.2, -0.15) is 9.78 Å². The Labute approximate surface area is 194 Å².